The van der Waals surface area contributed by atoms with Gasteiger partial charge >= 0.3 is 0 Å². The molecular weight excluding hydrogens is 521 g/mol. The zero-order valence-corrected chi connectivity index (χ0v) is 21.6. The lowest BCUT2D eigenvalue weighted by atomic mass is 9.83. The Morgan fingerprint density at radius 1 is 1.18 bits per heavy atom. The molecule has 0 bridgehead atoms. The minimum absolute atomic E-state index is 0.329. The van der Waals surface area contributed by atoms with Gasteiger partial charge in [0.1, 0.15) is 11.4 Å². The van der Waals surface area contributed by atoms with Crippen molar-refractivity contribution < 1.29 is 17.9 Å². The van der Waals surface area contributed by atoms with E-state index in [2.05, 4.69) is 16.6 Å². The molecule has 1 saturated heterocycles. The fourth-order valence-electron chi connectivity index (χ4n) is 4.77. The van der Waals surface area contributed by atoms with Gasteiger partial charge in [-0.1, -0.05) is 46.9 Å². The third kappa shape index (κ3) is 4.09. The second-order valence-electron chi connectivity index (χ2n) is 9.41. The molecule has 1 atom stereocenters. The summed E-state index contributed by atoms with van der Waals surface area (Å²) in [6.45, 7) is 3.16. The average Bonchev–Trinajstić information content (AvgIpc) is 3.31. The minimum Gasteiger partial charge on any atom is -0.362 e. The first-order valence-electron chi connectivity index (χ1n) is 10.6. The topological polar surface area (TPSA) is 88.1 Å². The standard InChI is InChI=1S/C23H22Cl3N3O4S/c1-22(15-6-17(24)21(26)18(25)7-15)8-19(27-28-22)13-3-4-16-14(5-13)9-33-23(16)11-29(12-23)20(30)10-34(2,31)32/h3-7,28H,8-12H2,1-2H3. The fraction of sp³-hybridized carbons (Fsp3) is 0.391. The Kier molecular flexibility index (Phi) is 5.69. The number of carbonyl (C=O) groups excluding carboxylic acids is 1. The van der Waals surface area contributed by atoms with Gasteiger partial charge < -0.3 is 9.64 Å². The predicted octanol–water partition coefficient (Wildman–Crippen LogP) is 3.87. The van der Waals surface area contributed by atoms with Crippen LogP contribution in [0.2, 0.25) is 15.1 Å². The number of hydrogen-bond acceptors (Lipinski definition) is 6. The zero-order chi connectivity index (χ0) is 24.5. The van der Waals surface area contributed by atoms with Crippen molar-refractivity contribution in [2.75, 3.05) is 25.1 Å². The van der Waals surface area contributed by atoms with Crippen LogP contribution >= 0.6 is 34.8 Å². The smallest absolute Gasteiger partial charge is 0.237 e. The van der Waals surface area contributed by atoms with Gasteiger partial charge in [-0.2, -0.15) is 5.10 Å². The van der Waals surface area contributed by atoms with E-state index in [-0.39, 0.29) is 0 Å². The van der Waals surface area contributed by atoms with E-state index in [9.17, 15) is 13.2 Å². The number of sulfone groups is 1. The van der Waals surface area contributed by atoms with E-state index in [1.54, 1.807) is 12.1 Å². The third-order valence-corrected chi connectivity index (χ3v) is 8.61. The Balaban J connectivity index is 1.32. The lowest BCUT2D eigenvalue weighted by Gasteiger charge is -2.47. The first kappa shape index (κ1) is 23.9. The number of hydrogen-bond donors (Lipinski definition) is 1. The number of carbonyl (C=O) groups is 1. The molecule has 1 fully saturated rings. The van der Waals surface area contributed by atoms with Gasteiger partial charge in [-0.25, -0.2) is 8.42 Å². The van der Waals surface area contributed by atoms with Crippen molar-refractivity contribution in [2.45, 2.75) is 31.1 Å². The van der Waals surface area contributed by atoms with Gasteiger partial charge in [-0.3, -0.25) is 10.2 Å². The predicted molar refractivity (Wildman–Crippen MR) is 132 cm³/mol. The van der Waals surface area contributed by atoms with Crippen molar-refractivity contribution in [3.8, 4) is 0 Å². The maximum atomic E-state index is 12.2. The Morgan fingerprint density at radius 3 is 2.50 bits per heavy atom. The first-order chi connectivity index (χ1) is 15.9. The van der Waals surface area contributed by atoms with E-state index in [1.807, 2.05) is 19.1 Å². The number of nitrogens with one attached hydrogen (secondary N) is 1. The van der Waals surface area contributed by atoms with Crippen LogP contribution in [0.15, 0.2) is 35.4 Å². The van der Waals surface area contributed by atoms with Crippen molar-refractivity contribution >= 4 is 56.3 Å². The zero-order valence-electron chi connectivity index (χ0n) is 18.5. The van der Waals surface area contributed by atoms with Crippen molar-refractivity contribution in [3.63, 3.8) is 0 Å². The number of nitrogens with zero attached hydrogens (tertiary/aromatic N) is 2. The van der Waals surface area contributed by atoms with Crippen LogP contribution in [0, 0.1) is 0 Å². The maximum absolute atomic E-state index is 12.2. The maximum Gasteiger partial charge on any atom is 0.237 e. The molecule has 7 nitrogen and oxygen atoms in total. The van der Waals surface area contributed by atoms with Gasteiger partial charge in [0.05, 0.1) is 46.0 Å². The van der Waals surface area contributed by atoms with Crippen LogP contribution in [0.25, 0.3) is 0 Å². The number of fused-ring (bicyclic) bond motifs is 2. The normalized spacial score (nSPS) is 22.9. The molecule has 34 heavy (non-hydrogen) atoms. The highest BCUT2D eigenvalue weighted by atomic mass is 35.5. The quantitative estimate of drug-likeness (QED) is 0.593. The van der Waals surface area contributed by atoms with Gasteiger partial charge in [0.2, 0.25) is 5.91 Å². The molecule has 1 amide bonds. The van der Waals surface area contributed by atoms with E-state index >= 15 is 0 Å². The van der Waals surface area contributed by atoms with E-state index < -0.39 is 32.6 Å². The van der Waals surface area contributed by atoms with Gasteiger partial charge in [0.15, 0.2) is 9.84 Å². The molecule has 0 radical (unpaired) electrons. The highest BCUT2D eigenvalue weighted by Gasteiger charge is 2.52. The molecule has 1 N–H and O–H groups in total. The van der Waals surface area contributed by atoms with Gasteiger partial charge in [-0.05, 0) is 47.4 Å². The Bertz CT molecular complexity index is 1330. The summed E-state index contributed by atoms with van der Waals surface area (Å²) < 4.78 is 28.9. The van der Waals surface area contributed by atoms with Crippen LogP contribution in [0.4, 0.5) is 0 Å². The summed E-state index contributed by atoms with van der Waals surface area (Å²) in [5.41, 5.74) is 7.00. The van der Waals surface area contributed by atoms with Crippen LogP contribution in [-0.2, 0) is 37.1 Å². The second kappa shape index (κ2) is 8.10. The molecule has 3 aliphatic heterocycles. The lowest BCUT2D eigenvalue weighted by Crippen LogP contribution is -2.62. The van der Waals surface area contributed by atoms with Crippen LogP contribution in [0.3, 0.4) is 0 Å². The monoisotopic (exact) mass is 541 g/mol. The number of rotatable bonds is 4. The molecule has 3 heterocycles. The van der Waals surface area contributed by atoms with E-state index in [4.69, 9.17) is 39.5 Å². The molecular formula is C23H22Cl3N3O4S. The molecule has 180 valence electrons. The van der Waals surface area contributed by atoms with Crippen molar-refractivity contribution in [3.05, 3.63) is 67.7 Å². The summed E-state index contributed by atoms with van der Waals surface area (Å²) in [4.78, 5) is 13.7. The summed E-state index contributed by atoms with van der Waals surface area (Å²) in [5, 5.41) is 5.70. The van der Waals surface area contributed by atoms with E-state index in [1.165, 1.54) is 4.90 Å². The molecule has 0 saturated carbocycles. The minimum atomic E-state index is -3.36. The summed E-state index contributed by atoms with van der Waals surface area (Å²) in [6, 6.07) is 9.69. The highest BCUT2D eigenvalue weighted by molar-refractivity contribution is 7.91. The van der Waals surface area contributed by atoms with E-state index in [0.29, 0.717) is 41.2 Å². The Morgan fingerprint density at radius 2 is 1.85 bits per heavy atom. The van der Waals surface area contributed by atoms with Crippen LogP contribution in [0.1, 0.15) is 35.6 Å². The third-order valence-electron chi connectivity index (χ3n) is 6.64. The van der Waals surface area contributed by atoms with Crippen molar-refractivity contribution in [1.82, 2.24) is 10.3 Å². The van der Waals surface area contributed by atoms with E-state index in [0.717, 1.165) is 34.2 Å². The molecule has 11 heteroatoms. The lowest BCUT2D eigenvalue weighted by molar-refractivity contribution is -0.166. The molecule has 0 aliphatic carbocycles. The number of likely N-dealkylation sites (tertiary alicyclic amines) is 1. The van der Waals surface area contributed by atoms with Crippen LogP contribution < -0.4 is 5.43 Å². The largest absolute Gasteiger partial charge is 0.362 e. The van der Waals surface area contributed by atoms with Gasteiger partial charge in [-0.15, -0.1) is 0 Å². The molecule has 3 aliphatic rings. The summed E-state index contributed by atoms with van der Waals surface area (Å²) in [5.74, 6) is -0.875. The number of amides is 1. The average molecular weight is 543 g/mol. The Hall–Kier alpha value is -1.84. The van der Waals surface area contributed by atoms with Gasteiger partial charge in [0, 0.05) is 12.7 Å². The molecule has 5 rings (SSSR count). The van der Waals surface area contributed by atoms with Crippen molar-refractivity contribution in [2.24, 2.45) is 5.10 Å². The Labute approximate surface area is 212 Å². The van der Waals surface area contributed by atoms with Crippen LogP contribution in [0.5, 0.6) is 0 Å². The summed E-state index contributed by atoms with van der Waals surface area (Å²) in [6.07, 6.45) is 1.69. The van der Waals surface area contributed by atoms with Crippen LogP contribution in [-0.4, -0.2) is 50.0 Å². The van der Waals surface area contributed by atoms with Gasteiger partial charge in [0.25, 0.3) is 0 Å². The fourth-order valence-corrected chi connectivity index (χ4v) is 5.99. The molecule has 0 aromatic heterocycles. The number of halogens is 3. The first-order valence-corrected chi connectivity index (χ1v) is 13.8. The SMILES string of the molecule is CC1(c2cc(Cl)c(Cl)c(Cl)c2)CC(c2ccc3c(c2)COC32CN(C(=O)CS(C)(=O)=O)C2)=NN1. The molecule has 1 unspecified atom stereocenters. The summed E-state index contributed by atoms with van der Waals surface area (Å²) in [7, 11) is -3.36. The van der Waals surface area contributed by atoms with Crippen molar-refractivity contribution in [1.29, 1.82) is 0 Å². The molecule has 2 aromatic rings. The number of ether oxygens (including phenoxy) is 1. The second-order valence-corrected chi connectivity index (χ2v) is 12.7. The highest BCUT2D eigenvalue weighted by Crippen LogP contribution is 2.44. The molecule has 2 aromatic carbocycles. The summed E-state index contributed by atoms with van der Waals surface area (Å²) >= 11 is 18.6. The number of hydrazone groups is 1. The number of benzene rings is 2. The molecule has 1 spiro atoms.